The second-order valence-corrected chi connectivity index (χ2v) is 7.64. The van der Waals surface area contributed by atoms with Crippen molar-refractivity contribution in [2.24, 2.45) is 0 Å². The fourth-order valence-electron chi connectivity index (χ4n) is 3.10. The molecule has 0 amide bonds. The first-order valence-corrected chi connectivity index (χ1v) is 17.0. The van der Waals surface area contributed by atoms with E-state index >= 15 is 0 Å². The molecule has 0 bridgehead atoms. The number of hydrogen-bond donors (Lipinski definition) is 0. The second-order valence-electron chi connectivity index (χ2n) is 7.64. The quantitative estimate of drug-likeness (QED) is 0.211. The monoisotopic (exact) mass is 544 g/mol. The van der Waals surface area contributed by atoms with Crippen LogP contribution in [0.3, 0.4) is 0 Å². The summed E-state index contributed by atoms with van der Waals surface area (Å²) in [6.07, 6.45) is 31.8. The summed E-state index contributed by atoms with van der Waals surface area (Å²) in [5, 5.41) is 0. The summed E-state index contributed by atoms with van der Waals surface area (Å²) in [7, 11) is 0. The third-order valence-corrected chi connectivity index (χ3v) is 5.37. The van der Waals surface area contributed by atoms with Crippen LogP contribution in [0.4, 0.5) is 0 Å². The van der Waals surface area contributed by atoms with Gasteiger partial charge in [0.05, 0.1) is 0 Å². The summed E-state index contributed by atoms with van der Waals surface area (Å²) >= 11 is 1.58. The van der Waals surface area contributed by atoms with E-state index in [1.165, 1.54) is 86.5 Å². The number of rotatable bonds is 0. The molecule has 2 fully saturated rings. The molecule has 4 aliphatic carbocycles. The zero-order chi connectivity index (χ0) is 21.0. The first kappa shape index (κ1) is 35.2. The SMILES string of the molecule is CC1=[C-]CC=C1C.CC1=[C-]CC=C1C.Cl.Cl.[CH-]1CCCCC1.[CH-]1CCCCC1.[SiH2]=[Zr]. The summed E-state index contributed by atoms with van der Waals surface area (Å²) in [5.74, 6) is 0. The van der Waals surface area contributed by atoms with Gasteiger partial charge in [-0.05, 0) is 0 Å². The molecule has 0 aromatic carbocycles. The Hall–Kier alpha value is 0.640. The van der Waals surface area contributed by atoms with Crippen LogP contribution in [0.2, 0.25) is 0 Å². The van der Waals surface area contributed by atoms with Gasteiger partial charge in [-0.15, -0.1) is 51.5 Å². The average Bonchev–Trinajstić information content (AvgIpc) is 3.34. The summed E-state index contributed by atoms with van der Waals surface area (Å²) in [6.45, 7) is 10.4. The van der Waals surface area contributed by atoms with Crippen molar-refractivity contribution in [3.05, 3.63) is 59.4 Å². The summed E-state index contributed by atoms with van der Waals surface area (Å²) in [4.78, 5) is 0. The molecule has 0 aliphatic heterocycles. The molecule has 0 unspecified atom stereocenters. The molecule has 4 rings (SSSR count). The molecule has 0 saturated heterocycles. The normalized spacial score (nSPS) is 18.6. The molecule has 0 nitrogen and oxygen atoms in total. The van der Waals surface area contributed by atoms with Crippen LogP contribution in [0.15, 0.2) is 34.4 Å². The fraction of sp³-hybridized carbons (Fsp3) is 0.615. The number of halogens is 2. The van der Waals surface area contributed by atoms with E-state index in [0.29, 0.717) is 0 Å². The van der Waals surface area contributed by atoms with Crippen molar-refractivity contribution in [2.45, 2.75) is 105 Å². The van der Waals surface area contributed by atoms with Crippen molar-refractivity contribution < 1.29 is 23.3 Å². The third-order valence-electron chi connectivity index (χ3n) is 5.37. The van der Waals surface area contributed by atoms with Crippen LogP contribution in [0.25, 0.3) is 0 Å². The van der Waals surface area contributed by atoms with Crippen LogP contribution in [-0.2, 0) is 23.3 Å². The predicted octanol–water partition coefficient (Wildman–Crippen LogP) is 8.41. The molecule has 0 atom stereocenters. The van der Waals surface area contributed by atoms with Gasteiger partial charge in [-0.2, -0.15) is 37.8 Å². The van der Waals surface area contributed by atoms with Gasteiger partial charge in [0.1, 0.15) is 0 Å². The van der Waals surface area contributed by atoms with Crippen molar-refractivity contribution in [1.82, 2.24) is 0 Å². The summed E-state index contributed by atoms with van der Waals surface area (Å²) in [5.41, 5.74) is 5.42. The molecule has 0 N–H and O–H groups in total. The van der Waals surface area contributed by atoms with Crippen LogP contribution >= 0.6 is 24.8 Å². The van der Waals surface area contributed by atoms with Crippen molar-refractivity contribution in [3.63, 3.8) is 0 Å². The van der Waals surface area contributed by atoms with Gasteiger partial charge in [0, 0.05) is 0 Å². The van der Waals surface area contributed by atoms with Gasteiger partial charge in [0.15, 0.2) is 0 Å². The standard InChI is InChI=1S/2C7H9.2C6H11.2ClH.H2Si.Zr/c2*1-6-4-3-5-7(6)2;2*1-2-4-6-5-3-1;;;;/h2*4H,3H2,1-2H3;2*1H,2-6H2;2*1H;1H2;/q4*-1;;;;. The molecule has 0 spiro atoms. The Morgan fingerprint density at radius 3 is 1.00 bits per heavy atom. The molecule has 4 heteroatoms. The molecule has 0 heterocycles. The Morgan fingerprint density at radius 2 is 0.933 bits per heavy atom. The second kappa shape index (κ2) is 25.9. The van der Waals surface area contributed by atoms with Gasteiger partial charge in [-0.3, -0.25) is 12.2 Å². The minimum absolute atomic E-state index is 0. The van der Waals surface area contributed by atoms with E-state index in [-0.39, 0.29) is 24.8 Å². The molecular formula is C26H44Cl2SiZr-4. The molecule has 174 valence electrons. The Bertz CT molecular complexity index is 412. The zero-order valence-corrected chi connectivity index (χ0v) is 25.3. The third kappa shape index (κ3) is 20.5. The molecule has 2 saturated carbocycles. The molecule has 4 aliphatic rings. The van der Waals surface area contributed by atoms with Gasteiger partial charge in [-0.25, -0.2) is 22.3 Å². The van der Waals surface area contributed by atoms with Crippen molar-refractivity contribution in [3.8, 4) is 0 Å². The molecule has 0 radical (unpaired) electrons. The predicted molar refractivity (Wildman–Crippen MR) is 139 cm³/mol. The van der Waals surface area contributed by atoms with Gasteiger partial charge in [0.25, 0.3) is 0 Å². The Balaban J connectivity index is -0.000000309. The van der Waals surface area contributed by atoms with E-state index in [1.807, 2.05) is 6.88 Å². The van der Waals surface area contributed by atoms with E-state index in [1.54, 1.807) is 23.3 Å². The minimum atomic E-state index is 0. The van der Waals surface area contributed by atoms with Gasteiger partial charge < -0.3 is 12.8 Å². The topological polar surface area (TPSA) is 0 Å². The average molecular weight is 547 g/mol. The molecule has 0 aromatic heterocycles. The first-order chi connectivity index (χ1) is 13.6. The molecule has 0 aromatic rings. The number of allylic oxidation sites excluding steroid dienone is 8. The zero-order valence-electron chi connectivity index (χ0n) is 19.8. The first-order valence-electron chi connectivity index (χ1n) is 11.1. The van der Waals surface area contributed by atoms with E-state index in [4.69, 9.17) is 0 Å². The van der Waals surface area contributed by atoms with E-state index in [9.17, 15) is 0 Å². The van der Waals surface area contributed by atoms with Crippen LogP contribution < -0.4 is 0 Å². The van der Waals surface area contributed by atoms with E-state index in [2.05, 4.69) is 64.8 Å². The van der Waals surface area contributed by atoms with Crippen LogP contribution in [0.1, 0.15) is 105 Å². The fourth-order valence-corrected chi connectivity index (χ4v) is 3.10. The van der Waals surface area contributed by atoms with Gasteiger partial charge in [0.2, 0.25) is 0 Å². The van der Waals surface area contributed by atoms with Gasteiger partial charge >= 0.3 is 30.2 Å². The molecule has 30 heavy (non-hydrogen) atoms. The number of hydrogen-bond acceptors (Lipinski definition) is 0. The van der Waals surface area contributed by atoms with Crippen molar-refractivity contribution >= 4 is 31.7 Å². The van der Waals surface area contributed by atoms with Crippen LogP contribution in [0, 0.1) is 25.0 Å². The summed E-state index contributed by atoms with van der Waals surface area (Å²) < 4.78 is 0. The van der Waals surface area contributed by atoms with Crippen LogP contribution in [-0.4, -0.2) is 6.88 Å². The Labute approximate surface area is 217 Å². The van der Waals surface area contributed by atoms with Crippen molar-refractivity contribution in [2.75, 3.05) is 0 Å². The van der Waals surface area contributed by atoms with E-state index in [0.717, 1.165) is 12.8 Å². The maximum atomic E-state index is 3.19. The van der Waals surface area contributed by atoms with E-state index < -0.39 is 0 Å². The summed E-state index contributed by atoms with van der Waals surface area (Å²) in [6, 6.07) is 0. The Morgan fingerprint density at radius 1 is 0.633 bits per heavy atom. The maximum absolute atomic E-state index is 3.19. The van der Waals surface area contributed by atoms with Crippen LogP contribution in [0.5, 0.6) is 0 Å². The Kier molecular flexibility index (Phi) is 30.4. The molecular weight excluding hydrogens is 503 g/mol. The van der Waals surface area contributed by atoms with Gasteiger partial charge in [-0.1, -0.05) is 52.4 Å². The van der Waals surface area contributed by atoms with Crippen molar-refractivity contribution in [1.29, 1.82) is 0 Å².